The van der Waals surface area contributed by atoms with Gasteiger partial charge in [0.05, 0.1) is 0 Å². The normalized spacial score (nSPS) is 13.9. The quantitative estimate of drug-likeness (QED) is 0.829. The van der Waals surface area contributed by atoms with Crippen LogP contribution >= 0.6 is 0 Å². The summed E-state index contributed by atoms with van der Waals surface area (Å²) >= 11 is 0. The zero-order chi connectivity index (χ0) is 11.5. The van der Waals surface area contributed by atoms with Crippen molar-refractivity contribution in [3.8, 4) is 0 Å². The number of nitrogens with two attached hydrogens (primary N) is 1. The summed E-state index contributed by atoms with van der Waals surface area (Å²) in [4.78, 5) is 7.97. The van der Waals surface area contributed by atoms with E-state index < -0.39 is 0 Å². The standard InChI is InChI=1S/C12H21N3/c1-9(12(2,3)4)5-6-10-7-14-11(13)15-8-10/h7-9H,5-6H2,1-4H3,(H2,13,14,15). The molecule has 0 saturated heterocycles. The van der Waals surface area contributed by atoms with Gasteiger partial charge in [-0.1, -0.05) is 27.7 Å². The van der Waals surface area contributed by atoms with Gasteiger partial charge in [-0.25, -0.2) is 9.97 Å². The molecular formula is C12H21N3. The van der Waals surface area contributed by atoms with Crippen LogP contribution in [0.25, 0.3) is 0 Å². The van der Waals surface area contributed by atoms with E-state index in [9.17, 15) is 0 Å². The van der Waals surface area contributed by atoms with Crippen LogP contribution in [0.4, 0.5) is 5.95 Å². The molecule has 0 saturated carbocycles. The zero-order valence-corrected chi connectivity index (χ0v) is 10.1. The minimum atomic E-state index is 0.350. The van der Waals surface area contributed by atoms with Crippen LogP contribution in [0.15, 0.2) is 12.4 Å². The molecule has 0 amide bonds. The van der Waals surface area contributed by atoms with Gasteiger partial charge in [0.2, 0.25) is 5.95 Å². The molecule has 84 valence electrons. The fourth-order valence-corrected chi connectivity index (χ4v) is 1.31. The Morgan fingerprint density at radius 2 is 1.80 bits per heavy atom. The highest BCUT2D eigenvalue weighted by atomic mass is 15.0. The molecule has 0 aromatic carbocycles. The van der Waals surface area contributed by atoms with E-state index in [1.807, 2.05) is 12.4 Å². The summed E-state index contributed by atoms with van der Waals surface area (Å²) in [6.07, 6.45) is 5.82. The summed E-state index contributed by atoms with van der Waals surface area (Å²) in [6, 6.07) is 0. The first-order valence-electron chi connectivity index (χ1n) is 5.46. The van der Waals surface area contributed by atoms with E-state index in [0.29, 0.717) is 17.3 Å². The molecule has 0 spiro atoms. The van der Waals surface area contributed by atoms with Crippen molar-refractivity contribution in [1.82, 2.24) is 9.97 Å². The molecule has 0 aliphatic carbocycles. The summed E-state index contributed by atoms with van der Waals surface area (Å²) in [5.74, 6) is 1.04. The molecular weight excluding hydrogens is 186 g/mol. The van der Waals surface area contributed by atoms with Gasteiger partial charge in [0.15, 0.2) is 0 Å². The van der Waals surface area contributed by atoms with Crippen molar-refractivity contribution < 1.29 is 0 Å². The second-order valence-corrected chi connectivity index (χ2v) is 5.26. The second kappa shape index (κ2) is 4.60. The number of nitrogens with zero attached hydrogens (tertiary/aromatic N) is 2. The van der Waals surface area contributed by atoms with Crippen molar-refractivity contribution in [2.24, 2.45) is 11.3 Å². The summed E-state index contributed by atoms with van der Waals surface area (Å²) in [6.45, 7) is 9.11. The van der Waals surface area contributed by atoms with Crippen LogP contribution in [0.1, 0.15) is 39.7 Å². The number of anilines is 1. The molecule has 0 aliphatic heterocycles. The molecule has 1 heterocycles. The maximum Gasteiger partial charge on any atom is 0.219 e. The number of rotatable bonds is 3. The summed E-state index contributed by atoms with van der Waals surface area (Å²) in [5.41, 5.74) is 6.97. The highest BCUT2D eigenvalue weighted by molar-refractivity contribution is 5.17. The largest absolute Gasteiger partial charge is 0.368 e. The molecule has 0 bridgehead atoms. The fraction of sp³-hybridized carbons (Fsp3) is 0.667. The molecule has 1 aromatic heterocycles. The minimum Gasteiger partial charge on any atom is -0.368 e. The molecule has 0 fully saturated rings. The third kappa shape index (κ3) is 3.86. The Morgan fingerprint density at radius 1 is 1.27 bits per heavy atom. The lowest BCUT2D eigenvalue weighted by molar-refractivity contribution is 0.247. The predicted octanol–water partition coefficient (Wildman–Crippen LogP) is 2.67. The summed E-state index contributed by atoms with van der Waals surface area (Å²) in [5, 5.41) is 0. The fourth-order valence-electron chi connectivity index (χ4n) is 1.31. The van der Waals surface area contributed by atoms with Gasteiger partial charge in [0, 0.05) is 12.4 Å². The first-order valence-corrected chi connectivity index (χ1v) is 5.46. The average Bonchev–Trinajstić information content (AvgIpc) is 2.15. The van der Waals surface area contributed by atoms with Gasteiger partial charge < -0.3 is 5.73 Å². The van der Waals surface area contributed by atoms with Gasteiger partial charge in [-0.3, -0.25) is 0 Å². The van der Waals surface area contributed by atoms with E-state index in [-0.39, 0.29) is 0 Å². The third-order valence-corrected chi connectivity index (χ3v) is 3.07. The molecule has 1 rings (SSSR count). The molecule has 0 aliphatic rings. The molecule has 1 aromatic rings. The predicted molar refractivity (Wildman–Crippen MR) is 63.4 cm³/mol. The zero-order valence-electron chi connectivity index (χ0n) is 10.1. The number of aryl methyl sites for hydroxylation is 1. The number of aromatic nitrogens is 2. The average molecular weight is 207 g/mol. The van der Waals surface area contributed by atoms with Gasteiger partial charge in [-0.05, 0) is 29.7 Å². The van der Waals surface area contributed by atoms with Crippen molar-refractivity contribution in [2.45, 2.75) is 40.5 Å². The van der Waals surface area contributed by atoms with E-state index in [4.69, 9.17) is 5.73 Å². The Morgan fingerprint density at radius 3 is 2.27 bits per heavy atom. The Bertz CT molecular complexity index is 298. The smallest absolute Gasteiger partial charge is 0.219 e. The van der Waals surface area contributed by atoms with E-state index in [0.717, 1.165) is 12.8 Å². The van der Waals surface area contributed by atoms with Crippen LogP contribution in [-0.4, -0.2) is 9.97 Å². The van der Waals surface area contributed by atoms with Crippen LogP contribution in [0.3, 0.4) is 0 Å². The van der Waals surface area contributed by atoms with Gasteiger partial charge in [-0.2, -0.15) is 0 Å². The SMILES string of the molecule is CC(CCc1cnc(N)nc1)C(C)(C)C. The van der Waals surface area contributed by atoms with Crippen molar-refractivity contribution in [3.63, 3.8) is 0 Å². The van der Waals surface area contributed by atoms with Crippen LogP contribution in [0.5, 0.6) is 0 Å². The Kier molecular flexibility index (Phi) is 3.66. The van der Waals surface area contributed by atoms with Crippen LogP contribution in [0.2, 0.25) is 0 Å². The lowest BCUT2D eigenvalue weighted by atomic mass is 9.79. The Labute approximate surface area is 92.1 Å². The monoisotopic (exact) mass is 207 g/mol. The highest BCUT2D eigenvalue weighted by Gasteiger charge is 2.19. The van der Waals surface area contributed by atoms with Gasteiger partial charge in [0.1, 0.15) is 0 Å². The van der Waals surface area contributed by atoms with E-state index >= 15 is 0 Å². The first kappa shape index (κ1) is 12.0. The maximum absolute atomic E-state index is 5.43. The number of nitrogen functional groups attached to an aromatic ring is 1. The number of hydrogen-bond acceptors (Lipinski definition) is 3. The van der Waals surface area contributed by atoms with E-state index in [1.165, 1.54) is 5.56 Å². The Hall–Kier alpha value is -1.12. The van der Waals surface area contributed by atoms with Crippen molar-refractivity contribution >= 4 is 5.95 Å². The van der Waals surface area contributed by atoms with E-state index in [2.05, 4.69) is 37.7 Å². The topological polar surface area (TPSA) is 51.8 Å². The maximum atomic E-state index is 5.43. The lowest BCUT2D eigenvalue weighted by Crippen LogP contribution is -2.17. The third-order valence-electron chi connectivity index (χ3n) is 3.07. The van der Waals surface area contributed by atoms with Crippen LogP contribution < -0.4 is 5.73 Å². The minimum absolute atomic E-state index is 0.350. The molecule has 1 unspecified atom stereocenters. The Balaban J connectivity index is 2.47. The summed E-state index contributed by atoms with van der Waals surface area (Å²) in [7, 11) is 0. The van der Waals surface area contributed by atoms with Crippen molar-refractivity contribution in [1.29, 1.82) is 0 Å². The molecule has 3 heteroatoms. The van der Waals surface area contributed by atoms with Crippen LogP contribution in [0, 0.1) is 11.3 Å². The molecule has 1 atom stereocenters. The summed E-state index contributed by atoms with van der Waals surface area (Å²) < 4.78 is 0. The van der Waals surface area contributed by atoms with Gasteiger partial charge >= 0.3 is 0 Å². The molecule has 15 heavy (non-hydrogen) atoms. The van der Waals surface area contributed by atoms with Gasteiger partial charge in [-0.15, -0.1) is 0 Å². The first-order chi connectivity index (χ1) is 6.89. The molecule has 3 nitrogen and oxygen atoms in total. The van der Waals surface area contributed by atoms with E-state index in [1.54, 1.807) is 0 Å². The van der Waals surface area contributed by atoms with Crippen LogP contribution in [-0.2, 0) is 6.42 Å². The molecule has 2 N–H and O–H groups in total. The lowest BCUT2D eigenvalue weighted by Gasteiger charge is -2.27. The highest BCUT2D eigenvalue weighted by Crippen LogP contribution is 2.28. The number of hydrogen-bond donors (Lipinski definition) is 1. The van der Waals surface area contributed by atoms with Crippen molar-refractivity contribution in [2.75, 3.05) is 5.73 Å². The second-order valence-electron chi connectivity index (χ2n) is 5.26. The molecule has 0 radical (unpaired) electrons. The van der Waals surface area contributed by atoms with Gasteiger partial charge in [0.25, 0.3) is 0 Å². The van der Waals surface area contributed by atoms with Crippen molar-refractivity contribution in [3.05, 3.63) is 18.0 Å².